The second kappa shape index (κ2) is 7.41. The molecule has 110 valence electrons. The Labute approximate surface area is 121 Å². The summed E-state index contributed by atoms with van der Waals surface area (Å²) in [7, 11) is -1.94. The lowest BCUT2D eigenvalue weighted by atomic mass is 10.1. The van der Waals surface area contributed by atoms with Gasteiger partial charge in [-0.1, -0.05) is 30.0 Å². The molecule has 0 amide bonds. The van der Waals surface area contributed by atoms with Crippen LogP contribution in [0.4, 0.5) is 0 Å². The van der Waals surface area contributed by atoms with Crippen LogP contribution in [0.3, 0.4) is 0 Å². The van der Waals surface area contributed by atoms with Crippen molar-refractivity contribution in [2.75, 3.05) is 13.6 Å². The average molecular weight is 295 g/mol. The predicted octanol–water partition coefficient (Wildman–Crippen LogP) is 0.671. The smallest absolute Gasteiger partial charge is 0.279 e. The van der Waals surface area contributed by atoms with E-state index < -0.39 is 10.2 Å². The van der Waals surface area contributed by atoms with Crippen molar-refractivity contribution in [2.45, 2.75) is 26.4 Å². The first-order chi connectivity index (χ1) is 9.38. The van der Waals surface area contributed by atoms with Gasteiger partial charge in [0.15, 0.2) is 0 Å². The lowest BCUT2D eigenvalue weighted by molar-refractivity contribution is 0.402. The Balaban J connectivity index is 2.85. The quantitative estimate of drug-likeness (QED) is 0.784. The summed E-state index contributed by atoms with van der Waals surface area (Å²) in [5.74, 6) is 5.71. The first kappa shape index (κ1) is 16.7. The summed E-state index contributed by atoms with van der Waals surface area (Å²) in [5, 5.41) is 0. The molecule has 20 heavy (non-hydrogen) atoms. The fraction of sp³-hybridized carbons (Fsp3) is 0.429. The number of nitrogens with one attached hydrogen (secondary N) is 1. The van der Waals surface area contributed by atoms with E-state index >= 15 is 0 Å². The summed E-state index contributed by atoms with van der Waals surface area (Å²) in [6.07, 6.45) is 0. The Hall–Kier alpha value is -1.39. The van der Waals surface area contributed by atoms with Crippen LogP contribution in [0.1, 0.15) is 25.0 Å². The summed E-state index contributed by atoms with van der Waals surface area (Å²) in [6.45, 7) is 4.12. The number of hydrogen-bond donors (Lipinski definition) is 2. The van der Waals surface area contributed by atoms with Crippen LogP contribution < -0.4 is 10.5 Å². The van der Waals surface area contributed by atoms with Crippen molar-refractivity contribution in [1.82, 2.24) is 9.03 Å². The fourth-order valence-corrected chi connectivity index (χ4v) is 2.59. The molecular formula is C14H21N3O2S. The molecule has 0 radical (unpaired) electrons. The third-order valence-electron chi connectivity index (χ3n) is 2.89. The molecule has 0 bridgehead atoms. The molecule has 0 aliphatic carbocycles. The lowest BCUT2D eigenvalue weighted by Gasteiger charge is -2.21. The average Bonchev–Trinajstić information content (AvgIpc) is 2.42. The van der Waals surface area contributed by atoms with Gasteiger partial charge in [-0.25, -0.2) is 0 Å². The van der Waals surface area contributed by atoms with Gasteiger partial charge in [-0.3, -0.25) is 0 Å². The van der Waals surface area contributed by atoms with Crippen molar-refractivity contribution in [3.05, 3.63) is 35.4 Å². The molecule has 1 aromatic carbocycles. The highest BCUT2D eigenvalue weighted by Crippen LogP contribution is 2.09. The summed E-state index contributed by atoms with van der Waals surface area (Å²) >= 11 is 0. The predicted molar refractivity (Wildman–Crippen MR) is 81.0 cm³/mol. The van der Waals surface area contributed by atoms with Gasteiger partial charge in [0.1, 0.15) is 0 Å². The molecule has 3 N–H and O–H groups in total. The highest BCUT2D eigenvalue weighted by molar-refractivity contribution is 7.87. The molecule has 5 nitrogen and oxygen atoms in total. The number of benzene rings is 1. The van der Waals surface area contributed by atoms with E-state index in [1.54, 1.807) is 7.05 Å². The van der Waals surface area contributed by atoms with Gasteiger partial charge in [0.2, 0.25) is 0 Å². The summed E-state index contributed by atoms with van der Waals surface area (Å²) in [6, 6.07) is 7.30. The van der Waals surface area contributed by atoms with Gasteiger partial charge in [-0.15, -0.1) is 0 Å². The molecule has 0 heterocycles. The summed E-state index contributed by atoms with van der Waals surface area (Å²) in [5.41, 5.74) is 6.96. The third kappa shape index (κ3) is 4.62. The second-order valence-corrected chi connectivity index (χ2v) is 6.41. The molecule has 1 aromatic rings. The Morgan fingerprint density at radius 3 is 2.60 bits per heavy atom. The molecule has 0 aliphatic heterocycles. The van der Waals surface area contributed by atoms with E-state index in [0.717, 1.165) is 11.1 Å². The van der Waals surface area contributed by atoms with Crippen LogP contribution in [0, 0.1) is 11.8 Å². The van der Waals surface area contributed by atoms with Crippen molar-refractivity contribution in [3.8, 4) is 11.8 Å². The van der Waals surface area contributed by atoms with Gasteiger partial charge in [-0.2, -0.15) is 17.4 Å². The maximum atomic E-state index is 12.0. The van der Waals surface area contributed by atoms with Gasteiger partial charge in [0.25, 0.3) is 10.2 Å². The van der Waals surface area contributed by atoms with Crippen molar-refractivity contribution in [2.24, 2.45) is 5.73 Å². The van der Waals surface area contributed by atoms with E-state index in [9.17, 15) is 8.42 Å². The monoisotopic (exact) mass is 295 g/mol. The van der Waals surface area contributed by atoms with Crippen LogP contribution in [0.2, 0.25) is 0 Å². The van der Waals surface area contributed by atoms with E-state index in [4.69, 9.17) is 5.73 Å². The summed E-state index contributed by atoms with van der Waals surface area (Å²) in [4.78, 5) is 0. The van der Waals surface area contributed by atoms with E-state index in [2.05, 4.69) is 16.6 Å². The topological polar surface area (TPSA) is 75.4 Å². The molecule has 0 saturated heterocycles. The lowest BCUT2D eigenvalue weighted by Crippen LogP contribution is -2.41. The van der Waals surface area contributed by atoms with Crippen LogP contribution >= 0.6 is 0 Å². The minimum absolute atomic E-state index is 0.0974. The molecule has 0 unspecified atom stereocenters. The zero-order valence-corrected chi connectivity index (χ0v) is 12.9. The normalized spacial score (nSPS) is 11.5. The largest absolute Gasteiger partial charge is 0.320 e. The minimum atomic E-state index is -3.48. The van der Waals surface area contributed by atoms with Crippen molar-refractivity contribution >= 4 is 10.2 Å². The molecule has 1 rings (SSSR count). The molecule has 0 saturated carbocycles. The standard InChI is InChI=1S/C14H21N3O2S/c1-12(2)17(3)20(18,19)16-11-14-8-5-4-7-13(14)9-6-10-15/h4-5,7-8,12,16H,10-11,15H2,1-3H3. The molecule has 0 spiro atoms. The van der Waals surface area contributed by atoms with Crippen LogP contribution in [0.15, 0.2) is 24.3 Å². The van der Waals surface area contributed by atoms with Crippen LogP contribution in [0.25, 0.3) is 0 Å². The van der Waals surface area contributed by atoms with E-state index in [0.29, 0.717) is 0 Å². The van der Waals surface area contributed by atoms with Crippen LogP contribution in [0.5, 0.6) is 0 Å². The minimum Gasteiger partial charge on any atom is -0.320 e. The number of rotatable bonds is 5. The van der Waals surface area contributed by atoms with E-state index in [1.807, 2.05) is 38.1 Å². The van der Waals surface area contributed by atoms with Crippen molar-refractivity contribution in [3.63, 3.8) is 0 Å². The van der Waals surface area contributed by atoms with Gasteiger partial charge in [0.05, 0.1) is 6.54 Å². The number of nitrogens with two attached hydrogens (primary N) is 1. The highest BCUT2D eigenvalue weighted by Gasteiger charge is 2.19. The maximum absolute atomic E-state index is 12.0. The fourth-order valence-electron chi connectivity index (χ4n) is 1.49. The molecule has 0 atom stereocenters. The first-order valence-corrected chi connectivity index (χ1v) is 7.82. The molecule has 0 aromatic heterocycles. The van der Waals surface area contributed by atoms with Gasteiger partial charge in [-0.05, 0) is 25.5 Å². The van der Waals surface area contributed by atoms with Crippen LogP contribution in [-0.2, 0) is 16.8 Å². The maximum Gasteiger partial charge on any atom is 0.279 e. The molecule has 0 aliphatic rings. The summed E-state index contributed by atoms with van der Waals surface area (Å²) < 4.78 is 27.9. The van der Waals surface area contributed by atoms with Crippen molar-refractivity contribution < 1.29 is 8.42 Å². The van der Waals surface area contributed by atoms with E-state index in [-0.39, 0.29) is 19.1 Å². The second-order valence-electron chi connectivity index (χ2n) is 4.60. The molecule has 0 fully saturated rings. The Morgan fingerprint density at radius 2 is 2.00 bits per heavy atom. The Bertz CT molecular complexity index is 600. The van der Waals surface area contributed by atoms with Gasteiger partial charge in [0, 0.05) is 25.2 Å². The molecular weight excluding hydrogens is 274 g/mol. The van der Waals surface area contributed by atoms with Gasteiger partial charge < -0.3 is 5.73 Å². The SMILES string of the molecule is CC(C)N(C)S(=O)(=O)NCc1ccccc1C#CCN. The molecule has 6 heteroatoms. The zero-order valence-electron chi connectivity index (χ0n) is 12.1. The zero-order chi connectivity index (χ0) is 15.2. The Kier molecular flexibility index (Phi) is 6.17. The van der Waals surface area contributed by atoms with Crippen molar-refractivity contribution in [1.29, 1.82) is 0 Å². The third-order valence-corrected chi connectivity index (χ3v) is 4.58. The van der Waals surface area contributed by atoms with Gasteiger partial charge >= 0.3 is 0 Å². The van der Waals surface area contributed by atoms with E-state index in [1.165, 1.54) is 4.31 Å². The number of nitrogens with zero attached hydrogens (tertiary/aromatic N) is 1. The first-order valence-electron chi connectivity index (χ1n) is 6.38. The Morgan fingerprint density at radius 1 is 1.35 bits per heavy atom. The highest BCUT2D eigenvalue weighted by atomic mass is 32.2. The number of hydrogen-bond acceptors (Lipinski definition) is 3. The van der Waals surface area contributed by atoms with Crippen LogP contribution in [-0.4, -0.2) is 32.4 Å².